The molecule has 1 amide bonds. The van der Waals surface area contributed by atoms with Crippen LogP contribution in [0.25, 0.3) is 10.2 Å². The first-order valence-electron chi connectivity index (χ1n) is 8.74. The minimum Gasteiger partial charge on any atom is -0.492 e. The van der Waals surface area contributed by atoms with Gasteiger partial charge in [0.15, 0.2) is 5.13 Å². The van der Waals surface area contributed by atoms with Gasteiger partial charge >= 0.3 is 0 Å². The van der Waals surface area contributed by atoms with Crippen LogP contribution in [0.5, 0.6) is 5.75 Å². The van der Waals surface area contributed by atoms with Crippen LogP contribution < -0.4 is 9.64 Å². The lowest BCUT2D eigenvalue weighted by molar-refractivity contribution is 0.0985. The number of fused-ring (bicyclic) bond motifs is 1. The number of halogens is 1. The molecule has 0 saturated heterocycles. The zero-order valence-corrected chi connectivity index (χ0v) is 18.0. The Balaban J connectivity index is 1.99. The topological polar surface area (TPSA) is 45.7 Å². The van der Waals surface area contributed by atoms with Crippen LogP contribution in [0.1, 0.15) is 17.3 Å². The second kappa shape index (κ2) is 8.82. The summed E-state index contributed by atoms with van der Waals surface area (Å²) in [5.41, 5.74) is 1.44. The largest absolute Gasteiger partial charge is 0.492 e. The highest BCUT2D eigenvalue weighted by Gasteiger charge is 2.22. The number of anilines is 1. The molecule has 5 nitrogen and oxygen atoms in total. The van der Waals surface area contributed by atoms with Crippen LogP contribution in [-0.2, 0) is 0 Å². The molecule has 0 N–H and O–H groups in total. The van der Waals surface area contributed by atoms with Gasteiger partial charge in [-0.2, -0.15) is 0 Å². The number of carbonyl (C=O) groups excluding carboxylic acids is 1. The van der Waals surface area contributed by atoms with Crippen LogP contribution in [0, 0.1) is 0 Å². The number of hydrogen-bond donors (Lipinski definition) is 0. The summed E-state index contributed by atoms with van der Waals surface area (Å²) in [7, 11) is 3.99. The summed E-state index contributed by atoms with van der Waals surface area (Å²) in [4.78, 5) is 21.7. The Morgan fingerprint density at radius 1 is 1.15 bits per heavy atom. The molecule has 1 aromatic heterocycles. The van der Waals surface area contributed by atoms with Gasteiger partial charge in [-0.05, 0) is 57.4 Å². The number of nitrogens with zero attached hydrogens (tertiary/aromatic N) is 3. The van der Waals surface area contributed by atoms with Gasteiger partial charge in [-0.15, -0.1) is 0 Å². The predicted molar refractivity (Wildman–Crippen MR) is 115 cm³/mol. The van der Waals surface area contributed by atoms with Crippen molar-refractivity contribution in [3.05, 3.63) is 52.5 Å². The fraction of sp³-hybridized carbons (Fsp3) is 0.300. The summed E-state index contributed by atoms with van der Waals surface area (Å²) in [6.07, 6.45) is 0. The SMILES string of the molecule is CCOc1cccc2sc(N(CCN(C)C)C(=O)c3ccc(Br)cc3)nc12. The first-order valence-corrected chi connectivity index (χ1v) is 10.3. The number of amides is 1. The van der Waals surface area contributed by atoms with Crippen molar-refractivity contribution >= 4 is 48.5 Å². The van der Waals surface area contributed by atoms with E-state index in [9.17, 15) is 4.79 Å². The van der Waals surface area contributed by atoms with Crippen molar-refractivity contribution in [1.82, 2.24) is 9.88 Å². The summed E-state index contributed by atoms with van der Waals surface area (Å²) in [5, 5.41) is 0.687. The number of rotatable bonds is 7. The number of thiazole rings is 1. The number of benzene rings is 2. The Labute approximate surface area is 171 Å². The molecule has 0 aliphatic carbocycles. The number of carbonyl (C=O) groups is 1. The molecule has 0 atom stereocenters. The fourth-order valence-electron chi connectivity index (χ4n) is 2.63. The molecule has 0 fully saturated rings. The summed E-state index contributed by atoms with van der Waals surface area (Å²) in [6, 6.07) is 13.3. The molecule has 1 heterocycles. The van der Waals surface area contributed by atoms with Gasteiger partial charge in [-0.25, -0.2) is 4.98 Å². The molecule has 2 aromatic carbocycles. The normalized spacial score (nSPS) is 11.1. The van der Waals surface area contributed by atoms with E-state index in [4.69, 9.17) is 9.72 Å². The van der Waals surface area contributed by atoms with Crippen molar-refractivity contribution in [3.8, 4) is 5.75 Å². The van der Waals surface area contributed by atoms with E-state index in [0.29, 0.717) is 23.8 Å². The fourth-order valence-corrected chi connectivity index (χ4v) is 3.90. The minimum absolute atomic E-state index is 0.0543. The monoisotopic (exact) mass is 447 g/mol. The van der Waals surface area contributed by atoms with E-state index >= 15 is 0 Å². The van der Waals surface area contributed by atoms with Crippen LogP contribution >= 0.6 is 27.3 Å². The van der Waals surface area contributed by atoms with Gasteiger partial charge in [0.1, 0.15) is 11.3 Å². The average molecular weight is 448 g/mol. The van der Waals surface area contributed by atoms with E-state index in [1.54, 1.807) is 4.90 Å². The molecular formula is C20H22BrN3O2S. The second-order valence-corrected chi connectivity index (χ2v) is 8.22. The third-order valence-electron chi connectivity index (χ3n) is 4.01. The summed E-state index contributed by atoms with van der Waals surface area (Å²) in [6.45, 7) is 3.84. The number of para-hydroxylation sites is 1. The van der Waals surface area contributed by atoms with Crippen molar-refractivity contribution < 1.29 is 9.53 Å². The standard InChI is InChI=1S/C20H22BrN3O2S/c1-4-26-16-6-5-7-17-18(16)22-20(27-17)24(13-12-23(2)3)19(25)14-8-10-15(21)11-9-14/h5-11H,4,12-13H2,1-3H3. The molecule has 0 bridgehead atoms. The number of ether oxygens (including phenoxy) is 1. The van der Waals surface area contributed by atoms with Gasteiger partial charge in [0.25, 0.3) is 5.91 Å². The summed E-state index contributed by atoms with van der Waals surface area (Å²) < 4.78 is 7.65. The zero-order chi connectivity index (χ0) is 19.4. The molecule has 0 radical (unpaired) electrons. The second-order valence-electron chi connectivity index (χ2n) is 6.30. The predicted octanol–water partition coefficient (Wildman–Crippen LogP) is 4.67. The quantitative estimate of drug-likeness (QED) is 0.527. The van der Waals surface area contributed by atoms with E-state index < -0.39 is 0 Å². The molecular weight excluding hydrogens is 426 g/mol. The summed E-state index contributed by atoms with van der Waals surface area (Å²) in [5.74, 6) is 0.697. The molecule has 7 heteroatoms. The zero-order valence-electron chi connectivity index (χ0n) is 15.6. The smallest absolute Gasteiger partial charge is 0.260 e. The lowest BCUT2D eigenvalue weighted by Gasteiger charge is -2.22. The molecule has 0 unspecified atom stereocenters. The lowest BCUT2D eigenvalue weighted by atomic mass is 10.2. The van der Waals surface area contributed by atoms with Gasteiger partial charge in [0.2, 0.25) is 0 Å². The maximum Gasteiger partial charge on any atom is 0.260 e. The Morgan fingerprint density at radius 3 is 2.56 bits per heavy atom. The third-order valence-corrected chi connectivity index (χ3v) is 5.58. The van der Waals surface area contributed by atoms with Crippen molar-refractivity contribution in [3.63, 3.8) is 0 Å². The number of hydrogen-bond acceptors (Lipinski definition) is 5. The Bertz CT molecular complexity index is 925. The molecule has 0 spiro atoms. The lowest BCUT2D eigenvalue weighted by Crippen LogP contribution is -2.36. The van der Waals surface area contributed by atoms with Crippen molar-refractivity contribution in [2.45, 2.75) is 6.92 Å². The van der Waals surface area contributed by atoms with Crippen molar-refractivity contribution in [2.75, 3.05) is 38.7 Å². The number of aromatic nitrogens is 1. The van der Waals surface area contributed by atoms with Crippen LogP contribution in [0.4, 0.5) is 5.13 Å². The number of likely N-dealkylation sites (N-methyl/N-ethyl adjacent to an activating group) is 1. The Morgan fingerprint density at radius 2 is 1.89 bits per heavy atom. The minimum atomic E-state index is -0.0543. The highest BCUT2D eigenvalue weighted by molar-refractivity contribution is 9.10. The molecule has 142 valence electrons. The van der Waals surface area contributed by atoms with E-state index in [-0.39, 0.29) is 5.91 Å². The highest BCUT2D eigenvalue weighted by atomic mass is 79.9. The molecule has 0 saturated carbocycles. The van der Waals surface area contributed by atoms with Crippen molar-refractivity contribution in [2.24, 2.45) is 0 Å². The van der Waals surface area contributed by atoms with Crippen LogP contribution in [-0.4, -0.2) is 49.6 Å². The molecule has 0 aliphatic rings. The molecule has 27 heavy (non-hydrogen) atoms. The molecule has 3 aromatic rings. The highest BCUT2D eigenvalue weighted by Crippen LogP contribution is 2.34. The van der Waals surface area contributed by atoms with Crippen molar-refractivity contribution in [1.29, 1.82) is 0 Å². The van der Waals surface area contributed by atoms with Crippen LogP contribution in [0.3, 0.4) is 0 Å². The van der Waals surface area contributed by atoms with Gasteiger partial charge in [0, 0.05) is 23.1 Å². The van der Waals surface area contributed by atoms with E-state index in [1.165, 1.54) is 11.3 Å². The molecule has 0 aliphatic heterocycles. The van der Waals surface area contributed by atoms with Crippen LogP contribution in [0.2, 0.25) is 0 Å². The first kappa shape index (κ1) is 19.8. The van der Waals surface area contributed by atoms with E-state index in [2.05, 4.69) is 20.8 Å². The van der Waals surface area contributed by atoms with Crippen LogP contribution in [0.15, 0.2) is 46.9 Å². The first-order chi connectivity index (χ1) is 13.0. The average Bonchev–Trinajstić information content (AvgIpc) is 3.07. The van der Waals surface area contributed by atoms with Gasteiger partial charge in [0.05, 0.1) is 11.3 Å². The van der Waals surface area contributed by atoms with E-state index in [1.807, 2.05) is 63.5 Å². The Kier molecular flexibility index (Phi) is 6.46. The Hall–Kier alpha value is -1.96. The van der Waals surface area contributed by atoms with Gasteiger partial charge in [-0.1, -0.05) is 33.3 Å². The van der Waals surface area contributed by atoms with Gasteiger partial charge in [-0.3, -0.25) is 9.69 Å². The maximum absolute atomic E-state index is 13.2. The third kappa shape index (κ3) is 4.66. The van der Waals surface area contributed by atoms with Gasteiger partial charge < -0.3 is 9.64 Å². The molecule has 3 rings (SSSR count). The maximum atomic E-state index is 13.2. The summed E-state index contributed by atoms with van der Waals surface area (Å²) >= 11 is 4.93. The van der Waals surface area contributed by atoms with E-state index in [0.717, 1.165) is 27.0 Å².